The van der Waals surface area contributed by atoms with E-state index in [0.29, 0.717) is 152 Å². The monoisotopic (exact) mass is 670 g/mol. The summed E-state index contributed by atoms with van der Waals surface area (Å²) in [7, 11) is 0. The highest BCUT2D eigenvalue weighted by atomic mass is 16.6. The minimum Gasteiger partial charge on any atom is -0.481 e. The van der Waals surface area contributed by atoms with Crippen molar-refractivity contribution in [2.45, 2.75) is 25.7 Å². The molecule has 0 unspecified atom stereocenters. The van der Waals surface area contributed by atoms with Gasteiger partial charge in [-0.25, -0.2) is 0 Å². The third kappa shape index (κ3) is 40.3. The summed E-state index contributed by atoms with van der Waals surface area (Å²) in [4.78, 5) is 21.9. The highest BCUT2D eigenvalue weighted by molar-refractivity contribution is 5.69. The average molecular weight is 671 g/mol. The molecule has 0 fully saturated rings. The number of unbranched alkanes of at least 4 members (excludes halogenated alkanes) is 1. The van der Waals surface area contributed by atoms with Gasteiger partial charge in [-0.05, 0) is 12.8 Å². The molecule has 15 nitrogen and oxygen atoms in total. The molecule has 0 radical (unpaired) electrons. The number of esters is 1. The van der Waals surface area contributed by atoms with Crippen LogP contribution >= 0.6 is 0 Å². The molecule has 46 heavy (non-hydrogen) atoms. The topological polar surface area (TPSA) is 165 Å². The zero-order chi connectivity index (χ0) is 33.4. The van der Waals surface area contributed by atoms with Gasteiger partial charge < -0.3 is 61.9 Å². The summed E-state index contributed by atoms with van der Waals surface area (Å²) in [5.41, 5.74) is 0. The predicted molar refractivity (Wildman–Crippen MR) is 166 cm³/mol. The van der Waals surface area contributed by atoms with Gasteiger partial charge >= 0.3 is 11.9 Å². The Balaban J connectivity index is 3.09. The molecule has 0 spiro atoms. The van der Waals surface area contributed by atoms with E-state index in [1.165, 1.54) is 0 Å². The Bertz CT molecular complexity index is 653. The van der Waals surface area contributed by atoms with E-state index in [1.807, 2.05) is 0 Å². The lowest BCUT2D eigenvalue weighted by molar-refractivity contribution is -0.146. The van der Waals surface area contributed by atoms with E-state index < -0.39 is 5.97 Å². The van der Waals surface area contributed by atoms with Gasteiger partial charge in [0.1, 0.15) is 6.61 Å². The van der Waals surface area contributed by atoms with Crippen LogP contribution in [0.2, 0.25) is 0 Å². The summed E-state index contributed by atoms with van der Waals surface area (Å²) < 4.78 is 64.4. The summed E-state index contributed by atoms with van der Waals surface area (Å²) in [5.74, 6) is -1.21. The van der Waals surface area contributed by atoms with Crippen LogP contribution in [0.3, 0.4) is 0 Å². The number of hydrogen-bond donors (Lipinski definition) is 1. The number of ether oxygens (including phenoxy) is 12. The molecule has 272 valence electrons. The number of aliphatic carboxylic acids is 1. The molecule has 0 atom stereocenters. The Morgan fingerprint density at radius 3 is 0.957 bits per heavy atom. The van der Waals surface area contributed by atoms with E-state index in [-0.39, 0.29) is 32.0 Å². The van der Waals surface area contributed by atoms with Crippen molar-refractivity contribution < 1.29 is 71.5 Å². The molecular weight excluding hydrogens is 612 g/mol. The molecule has 0 aliphatic heterocycles. The zero-order valence-electron chi connectivity index (χ0n) is 27.5. The minimum atomic E-state index is -0.863. The van der Waals surface area contributed by atoms with E-state index in [4.69, 9.17) is 61.9 Å². The second-order valence-corrected chi connectivity index (χ2v) is 9.31. The fraction of sp³-hybridized carbons (Fsp3) is 0.871. The fourth-order valence-electron chi connectivity index (χ4n) is 3.20. The van der Waals surface area contributed by atoms with Crippen molar-refractivity contribution in [1.82, 2.24) is 0 Å². The minimum absolute atomic E-state index is 0.0598. The number of carbonyl (C=O) groups is 2. The first kappa shape index (κ1) is 44.2. The van der Waals surface area contributed by atoms with Crippen molar-refractivity contribution in [3.63, 3.8) is 0 Å². The van der Waals surface area contributed by atoms with Gasteiger partial charge in [-0.3, -0.25) is 9.59 Å². The first-order valence-electron chi connectivity index (χ1n) is 16.0. The third-order valence-electron chi connectivity index (χ3n) is 5.47. The normalized spacial score (nSPS) is 11.2. The maximum atomic E-state index is 11.5. The number of hydrogen-bond acceptors (Lipinski definition) is 14. The smallest absolute Gasteiger partial charge is 0.305 e. The number of carbonyl (C=O) groups excluding carboxylic acids is 1. The van der Waals surface area contributed by atoms with Crippen LogP contribution in [0, 0.1) is 0 Å². The van der Waals surface area contributed by atoms with Crippen LogP contribution in [0.1, 0.15) is 25.7 Å². The largest absolute Gasteiger partial charge is 0.481 e. The van der Waals surface area contributed by atoms with Gasteiger partial charge in [-0.2, -0.15) is 0 Å². The van der Waals surface area contributed by atoms with Crippen molar-refractivity contribution in [3.8, 4) is 0 Å². The molecule has 0 saturated heterocycles. The lowest BCUT2D eigenvalue weighted by atomic mass is 10.2. The summed E-state index contributed by atoms with van der Waals surface area (Å²) in [6.07, 6.45) is 2.94. The van der Waals surface area contributed by atoms with Gasteiger partial charge in [-0.1, -0.05) is 6.08 Å². The van der Waals surface area contributed by atoms with E-state index >= 15 is 0 Å². The van der Waals surface area contributed by atoms with E-state index in [0.717, 1.165) is 0 Å². The second kappa shape index (κ2) is 39.4. The van der Waals surface area contributed by atoms with E-state index in [1.54, 1.807) is 6.08 Å². The maximum absolute atomic E-state index is 11.5. The zero-order valence-corrected chi connectivity index (χ0v) is 27.5. The van der Waals surface area contributed by atoms with Crippen LogP contribution in [0.25, 0.3) is 0 Å². The second-order valence-electron chi connectivity index (χ2n) is 9.31. The molecule has 0 heterocycles. The Kier molecular flexibility index (Phi) is 37.9. The molecular formula is C31H58O15. The maximum Gasteiger partial charge on any atom is 0.305 e. The highest BCUT2D eigenvalue weighted by Gasteiger charge is 2.04. The van der Waals surface area contributed by atoms with Gasteiger partial charge in [0.15, 0.2) is 0 Å². The van der Waals surface area contributed by atoms with E-state index in [2.05, 4.69) is 6.58 Å². The predicted octanol–water partition coefficient (Wildman–Crippen LogP) is 1.54. The van der Waals surface area contributed by atoms with Gasteiger partial charge in [0.25, 0.3) is 0 Å². The lowest BCUT2D eigenvalue weighted by Crippen LogP contribution is -2.15. The Labute approximate surface area is 273 Å². The SMILES string of the molecule is C=CCOCCOCCOCCOCCOCCOCCOCCOCCOCCOCCOCCOC(=O)CCCCC(=O)O. The fourth-order valence-corrected chi connectivity index (χ4v) is 3.20. The Morgan fingerprint density at radius 2 is 0.674 bits per heavy atom. The van der Waals surface area contributed by atoms with Crippen LogP contribution < -0.4 is 0 Å². The molecule has 0 amide bonds. The summed E-state index contributed by atoms with van der Waals surface area (Å²) >= 11 is 0. The molecule has 0 aromatic carbocycles. The molecule has 0 aliphatic carbocycles. The molecule has 0 saturated carbocycles. The first-order valence-corrected chi connectivity index (χ1v) is 16.0. The van der Waals surface area contributed by atoms with Gasteiger partial charge in [0.05, 0.1) is 145 Å². The van der Waals surface area contributed by atoms with Crippen molar-refractivity contribution in [1.29, 1.82) is 0 Å². The number of carboxylic acid groups (broad SMARTS) is 1. The number of rotatable bonds is 40. The Hall–Kier alpha value is -1.76. The molecule has 0 rings (SSSR count). The summed E-state index contributed by atoms with van der Waals surface area (Å²) in [6.45, 7) is 14.3. The Morgan fingerprint density at radius 1 is 0.413 bits per heavy atom. The molecule has 15 heteroatoms. The van der Waals surface area contributed by atoms with Crippen LogP contribution in [-0.4, -0.2) is 169 Å². The van der Waals surface area contributed by atoms with Crippen LogP contribution in [0.15, 0.2) is 12.7 Å². The van der Waals surface area contributed by atoms with Gasteiger partial charge in [0.2, 0.25) is 0 Å². The average Bonchev–Trinajstić information content (AvgIpc) is 3.05. The van der Waals surface area contributed by atoms with Crippen LogP contribution in [0.5, 0.6) is 0 Å². The highest BCUT2D eigenvalue weighted by Crippen LogP contribution is 2.01. The van der Waals surface area contributed by atoms with Crippen molar-refractivity contribution in [2.75, 3.05) is 152 Å². The van der Waals surface area contributed by atoms with Gasteiger partial charge in [0, 0.05) is 12.8 Å². The lowest BCUT2D eigenvalue weighted by Gasteiger charge is -2.09. The molecule has 0 aromatic heterocycles. The summed E-state index contributed by atoms with van der Waals surface area (Å²) in [6, 6.07) is 0. The van der Waals surface area contributed by atoms with Crippen molar-refractivity contribution in [2.24, 2.45) is 0 Å². The van der Waals surface area contributed by atoms with Crippen LogP contribution in [-0.2, 0) is 66.4 Å². The third-order valence-corrected chi connectivity index (χ3v) is 5.47. The standard InChI is InChI=1S/C31H58O15/c1-2-7-35-8-9-36-10-11-37-12-13-38-14-15-39-16-17-40-18-19-41-20-21-42-22-23-43-24-25-44-26-27-45-28-29-46-31(34)6-4-3-5-30(32)33/h2H,1,3-29H2,(H,32,33). The quantitative estimate of drug-likeness (QED) is 0.0567. The van der Waals surface area contributed by atoms with Crippen LogP contribution in [0.4, 0.5) is 0 Å². The van der Waals surface area contributed by atoms with Crippen molar-refractivity contribution >= 4 is 11.9 Å². The number of carboxylic acids is 1. The molecule has 1 N–H and O–H groups in total. The molecule has 0 aromatic rings. The molecule has 0 bridgehead atoms. The first-order chi connectivity index (χ1) is 22.7. The van der Waals surface area contributed by atoms with E-state index in [9.17, 15) is 9.59 Å². The summed E-state index contributed by atoms with van der Waals surface area (Å²) in [5, 5.41) is 8.54. The van der Waals surface area contributed by atoms with Gasteiger partial charge in [-0.15, -0.1) is 6.58 Å². The van der Waals surface area contributed by atoms with Crippen molar-refractivity contribution in [3.05, 3.63) is 12.7 Å². The molecule has 0 aliphatic rings.